The van der Waals surface area contributed by atoms with E-state index in [4.69, 9.17) is 23.8 Å². The van der Waals surface area contributed by atoms with E-state index in [0.29, 0.717) is 23.9 Å². The smallest absolute Gasteiger partial charge is 0.462 e. The van der Waals surface area contributed by atoms with Gasteiger partial charge in [0.1, 0.15) is 25.9 Å². The molecule has 11 nitrogen and oxygen atoms in total. The van der Waals surface area contributed by atoms with Crippen LogP contribution in [0.2, 0.25) is 0 Å². The first-order chi connectivity index (χ1) is 27.9. The Balaban J connectivity index is 4.51. The number of phosphoric ester groups is 1. The van der Waals surface area contributed by atoms with Crippen LogP contribution >= 0.6 is 7.82 Å². The van der Waals surface area contributed by atoms with Gasteiger partial charge in [0.05, 0.1) is 27.7 Å². The quantitative estimate of drug-likeness (QED) is 0.00894. The summed E-state index contributed by atoms with van der Waals surface area (Å²) in [4.78, 5) is 39.9. The number of phosphoric acid groups is 1. The van der Waals surface area contributed by atoms with Crippen molar-refractivity contribution in [2.75, 3.05) is 47.5 Å². The zero-order valence-electron chi connectivity index (χ0n) is 37.3. The molecule has 0 radical (unpaired) electrons. The van der Waals surface area contributed by atoms with Crippen molar-refractivity contribution < 1.29 is 52.2 Å². The Morgan fingerprint density at radius 3 is 1.76 bits per heavy atom. The van der Waals surface area contributed by atoms with Crippen molar-refractivity contribution in [2.24, 2.45) is 0 Å². The summed E-state index contributed by atoms with van der Waals surface area (Å²) in [6, 6.07) is 0. The van der Waals surface area contributed by atoms with Gasteiger partial charge in [-0.25, -0.2) is 9.45 Å². The summed E-state index contributed by atoms with van der Waals surface area (Å²) in [5.41, 5.74) is 0. The number of likely N-dealkylation sites (N-methyl/N-ethyl adjacent to an activating group) is 1. The highest BCUT2D eigenvalue weighted by Gasteiger charge is 2.27. The molecule has 0 aliphatic carbocycles. The monoisotopic (exact) mass is 843 g/mol. The fourth-order valence-corrected chi connectivity index (χ4v) is 6.70. The number of esters is 2. The Hall–Kier alpha value is -2.11. The van der Waals surface area contributed by atoms with Gasteiger partial charge >= 0.3 is 19.8 Å². The number of nitrogens with zero attached hydrogens (tertiary/aromatic N) is 1. The minimum absolute atomic E-state index is 0.00982. The summed E-state index contributed by atoms with van der Waals surface area (Å²) in [6.45, 7) is 4.19. The number of quaternary nitrogens is 1. The van der Waals surface area contributed by atoms with Crippen molar-refractivity contribution in [3.8, 4) is 0 Å². The molecular formula is C46H85NO10P+. The van der Waals surface area contributed by atoms with Gasteiger partial charge in [0, 0.05) is 12.8 Å². The van der Waals surface area contributed by atoms with E-state index in [0.717, 1.165) is 57.8 Å². The van der Waals surface area contributed by atoms with Crippen molar-refractivity contribution in [1.29, 1.82) is 0 Å². The van der Waals surface area contributed by atoms with E-state index in [1.165, 1.54) is 77.0 Å². The molecule has 0 amide bonds. The predicted molar refractivity (Wildman–Crippen MR) is 236 cm³/mol. The average Bonchev–Trinajstić information content (AvgIpc) is 3.17. The molecule has 0 aliphatic rings. The van der Waals surface area contributed by atoms with Gasteiger partial charge in [0.25, 0.3) is 0 Å². The first-order valence-corrected chi connectivity index (χ1v) is 24.1. The van der Waals surface area contributed by atoms with Crippen LogP contribution in [0.5, 0.6) is 0 Å². The average molecular weight is 843 g/mol. The maximum absolute atomic E-state index is 12.7. The van der Waals surface area contributed by atoms with Crippen molar-refractivity contribution in [2.45, 2.75) is 187 Å². The molecule has 338 valence electrons. The van der Waals surface area contributed by atoms with E-state index in [9.17, 15) is 19.0 Å². The van der Waals surface area contributed by atoms with E-state index >= 15 is 0 Å². The standard InChI is InChI=1S/C46H84NO10P/c1-6-8-10-11-12-13-14-15-16-17-20-23-26-29-33-37-45(48)53-41-44(42-55-58(51,52)54-40-39-47(3,4)5)56-46(49)38-34-30-27-24-21-18-19-22-25-28-32-36-43(57-50)35-31-9-7-2/h18-19,24-25,27-28,32,36,43-44H,6-17,20-23,26,29-31,33-35,37-42H2,1-5H3,(H-,50,51,52)/p+1/b19-18-,27-24-,28-25-,36-32+/t43?,44-/m1/s1. The largest absolute Gasteiger partial charge is 0.472 e. The summed E-state index contributed by atoms with van der Waals surface area (Å²) in [6.07, 6.45) is 40.5. The maximum atomic E-state index is 12.7. The van der Waals surface area contributed by atoms with Crippen LogP contribution in [0.1, 0.15) is 174 Å². The van der Waals surface area contributed by atoms with Gasteiger partial charge in [-0.1, -0.05) is 172 Å². The number of unbranched alkanes of at least 4 members (excludes halogenated alkanes) is 17. The summed E-state index contributed by atoms with van der Waals surface area (Å²) < 4.78 is 34.2. The number of carbonyl (C=O) groups is 2. The topological polar surface area (TPSA) is 138 Å². The third-order valence-corrected chi connectivity index (χ3v) is 10.6. The van der Waals surface area contributed by atoms with Crippen LogP contribution < -0.4 is 0 Å². The SMILES string of the molecule is CCCCCCCCCCCCCCCCCC(=O)OC[C@H](COP(=O)(O)OCC[N+](C)(C)C)OC(=O)CCC/C=C\C/C=C\C/C=C\C=C\C(CCCCC)OO. The van der Waals surface area contributed by atoms with E-state index < -0.39 is 32.5 Å². The molecule has 0 rings (SSSR count). The van der Waals surface area contributed by atoms with Crippen LogP contribution in [-0.2, 0) is 37.6 Å². The first-order valence-electron chi connectivity index (χ1n) is 22.6. The Bertz CT molecular complexity index is 1150. The van der Waals surface area contributed by atoms with Crippen LogP contribution in [0.15, 0.2) is 48.6 Å². The molecule has 0 saturated heterocycles. The molecule has 3 atom stereocenters. The Morgan fingerprint density at radius 2 is 1.17 bits per heavy atom. The van der Waals surface area contributed by atoms with Crippen LogP contribution in [0.25, 0.3) is 0 Å². The summed E-state index contributed by atoms with van der Waals surface area (Å²) in [5, 5.41) is 9.01. The van der Waals surface area contributed by atoms with Crippen molar-refractivity contribution in [3.63, 3.8) is 0 Å². The molecule has 0 aromatic carbocycles. The Morgan fingerprint density at radius 1 is 0.638 bits per heavy atom. The number of hydrogen-bond donors (Lipinski definition) is 2. The Kier molecular flexibility index (Phi) is 37.6. The van der Waals surface area contributed by atoms with Crippen molar-refractivity contribution in [3.05, 3.63) is 48.6 Å². The number of carbonyl (C=O) groups excluding carboxylic acids is 2. The number of allylic oxidation sites excluding steroid dienone is 7. The lowest BCUT2D eigenvalue weighted by molar-refractivity contribution is -0.870. The molecule has 0 aromatic heterocycles. The third-order valence-electron chi connectivity index (χ3n) is 9.58. The van der Waals surface area contributed by atoms with E-state index in [1.54, 1.807) is 0 Å². The predicted octanol–water partition coefficient (Wildman–Crippen LogP) is 12.2. The molecule has 0 fully saturated rings. The molecule has 0 heterocycles. The minimum atomic E-state index is -4.40. The molecular weight excluding hydrogens is 757 g/mol. The first kappa shape index (κ1) is 55.9. The molecule has 0 aliphatic heterocycles. The molecule has 0 aromatic rings. The van der Waals surface area contributed by atoms with Crippen molar-refractivity contribution >= 4 is 19.8 Å². The van der Waals surface area contributed by atoms with Gasteiger partial charge in [-0.3, -0.25) is 23.9 Å². The lowest BCUT2D eigenvalue weighted by Crippen LogP contribution is -2.37. The second kappa shape index (κ2) is 39.1. The van der Waals surface area contributed by atoms with Gasteiger partial charge in [-0.2, -0.15) is 0 Å². The molecule has 2 N–H and O–H groups in total. The Labute approximate surface area is 353 Å². The van der Waals surface area contributed by atoms with E-state index in [2.05, 4.69) is 30.9 Å². The van der Waals surface area contributed by atoms with E-state index in [-0.39, 0.29) is 32.2 Å². The highest BCUT2D eigenvalue weighted by atomic mass is 31.2. The van der Waals surface area contributed by atoms with Gasteiger partial charge in [-0.15, -0.1) is 0 Å². The molecule has 12 heteroatoms. The molecule has 58 heavy (non-hydrogen) atoms. The molecule has 0 saturated carbocycles. The van der Waals surface area contributed by atoms with Crippen LogP contribution in [0.3, 0.4) is 0 Å². The highest BCUT2D eigenvalue weighted by molar-refractivity contribution is 7.47. The van der Waals surface area contributed by atoms with Gasteiger partial charge < -0.3 is 18.9 Å². The minimum Gasteiger partial charge on any atom is -0.462 e. The fraction of sp³-hybridized carbons (Fsp3) is 0.783. The highest BCUT2D eigenvalue weighted by Crippen LogP contribution is 2.43. The number of rotatable bonds is 41. The second-order valence-electron chi connectivity index (χ2n) is 16.4. The van der Waals surface area contributed by atoms with Crippen LogP contribution in [-0.4, -0.2) is 86.3 Å². The van der Waals surface area contributed by atoms with Crippen molar-refractivity contribution in [1.82, 2.24) is 0 Å². The second-order valence-corrected chi connectivity index (χ2v) is 17.8. The van der Waals surface area contributed by atoms with Gasteiger partial charge in [-0.05, 0) is 38.5 Å². The fourth-order valence-electron chi connectivity index (χ4n) is 5.96. The lowest BCUT2D eigenvalue weighted by Gasteiger charge is -2.24. The molecule has 0 spiro atoms. The third kappa shape index (κ3) is 40.7. The normalized spacial score (nSPS) is 14.5. The number of hydrogen-bond acceptors (Lipinski definition) is 9. The maximum Gasteiger partial charge on any atom is 0.472 e. The summed E-state index contributed by atoms with van der Waals surface area (Å²) in [7, 11) is 1.40. The number of ether oxygens (including phenoxy) is 2. The summed E-state index contributed by atoms with van der Waals surface area (Å²) in [5.74, 6) is -0.897. The van der Waals surface area contributed by atoms with Gasteiger partial charge in [0.15, 0.2) is 6.10 Å². The molecule has 0 bridgehead atoms. The van der Waals surface area contributed by atoms with E-state index in [1.807, 2.05) is 57.6 Å². The zero-order chi connectivity index (χ0) is 43.0. The van der Waals surface area contributed by atoms with Crippen LogP contribution in [0.4, 0.5) is 0 Å². The summed E-state index contributed by atoms with van der Waals surface area (Å²) >= 11 is 0. The van der Waals surface area contributed by atoms with Gasteiger partial charge in [0.2, 0.25) is 0 Å². The zero-order valence-corrected chi connectivity index (χ0v) is 38.2. The molecule has 2 unspecified atom stereocenters. The van der Waals surface area contributed by atoms with Crippen LogP contribution in [0, 0.1) is 0 Å². The lowest BCUT2D eigenvalue weighted by atomic mass is 10.0.